The zero-order valence-electron chi connectivity index (χ0n) is 9.16. The minimum Gasteiger partial charge on any atom is -0.386 e. The van der Waals surface area contributed by atoms with E-state index in [0.717, 1.165) is 12.8 Å². The first-order chi connectivity index (χ1) is 7.75. The van der Waals surface area contributed by atoms with Crippen molar-refractivity contribution in [3.05, 3.63) is 0 Å². The molecule has 5 nitrogen and oxygen atoms in total. The molecule has 0 radical (unpaired) electrons. The first-order valence-corrected chi connectivity index (χ1v) is 5.22. The van der Waals surface area contributed by atoms with Crippen molar-refractivity contribution in [1.29, 1.82) is 5.41 Å². The van der Waals surface area contributed by atoms with Crippen LogP contribution < -0.4 is 16.4 Å². The molecule has 0 heterocycles. The van der Waals surface area contributed by atoms with Crippen LogP contribution in [0.3, 0.4) is 0 Å². The Kier molecular flexibility index (Phi) is 3.84. The molecule has 0 unspecified atom stereocenters. The largest absolute Gasteiger partial charge is 0.405 e. The first-order valence-electron chi connectivity index (χ1n) is 5.22. The van der Waals surface area contributed by atoms with Crippen molar-refractivity contribution in [1.82, 2.24) is 10.6 Å². The number of nitrogens with two attached hydrogens (primary N) is 1. The maximum atomic E-state index is 11.9. The van der Waals surface area contributed by atoms with Crippen molar-refractivity contribution < 1.29 is 18.0 Å². The second-order valence-corrected chi connectivity index (χ2v) is 4.13. The summed E-state index contributed by atoms with van der Waals surface area (Å²) in [6, 6.07) is -0.945. The molecular formula is C9H15F3N4O. The lowest BCUT2D eigenvalue weighted by atomic mass is 9.96. The first kappa shape index (κ1) is 13.6. The van der Waals surface area contributed by atoms with E-state index in [1.807, 2.05) is 0 Å². The van der Waals surface area contributed by atoms with Gasteiger partial charge in [-0.15, -0.1) is 0 Å². The number of nitrogens with one attached hydrogen (secondary N) is 3. The Hall–Kier alpha value is -1.47. The molecule has 5 N–H and O–H groups in total. The van der Waals surface area contributed by atoms with Gasteiger partial charge in [0, 0.05) is 0 Å². The highest BCUT2D eigenvalue weighted by atomic mass is 19.4. The average molecular weight is 252 g/mol. The van der Waals surface area contributed by atoms with E-state index >= 15 is 0 Å². The maximum absolute atomic E-state index is 11.9. The SMILES string of the molecule is N=C(N)C1(NC(=O)NCC(F)(F)F)CCCC1. The van der Waals surface area contributed by atoms with Crippen LogP contribution in [0.15, 0.2) is 0 Å². The van der Waals surface area contributed by atoms with Gasteiger partial charge in [-0.1, -0.05) is 12.8 Å². The topological polar surface area (TPSA) is 91.0 Å². The molecule has 1 aliphatic carbocycles. The molecule has 1 rings (SSSR count). The van der Waals surface area contributed by atoms with Gasteiger partial charge in [-0.2, -0.15) is 13.2 Å². The van der Waals surface area contributed by atoms with Crippen molar-refractivity contribution >= 4 is 11.9 Å². The van der Waals surface area contributed by atoms with E-state index in [0.29, 0.717) is 12.8 Å². The van der Waals surface area contributed by atoms with Gasteiger partial charge >= 0.3 is 12.2 Å². The molecular weight excluding hydrogens is 237 g/mol. The maximum Gasteiger partial charge on any atom is 0.405 e. The highest BCUT2D eigenvalue weighted by Crippen LogP contribution is 2.29. The van der Waals surface area contributed by atoms with Crippen molar-refractivity contribution in [2.24, 2.45) is 5.73 Å². The van der Waals surface area contributed by atoms with Gasteiger partial charge < -0.3 is 16.4 Å². The minimum atomic E-state index is -4.45. The fourth-order valence-corrected chi connectivity index (χ4v) is 1.88. The molecule has 0 spiro atoms. The Morgan fingerprint density at radius 1 is 1.35 bits per heavy atom. The van der Waals surface area contributed by atoms with Gasteiger partial charge in [0.2, 0.25) is 0 Å². The predicted octanol–water partition coefficient (Wildman–Crippen LogP) is 1.10. The zero-order valence-corrected chi connectivity index (χ0v) is 9.16. The van der Waals surface area contributed by atoms with Gasteiger partial charge in [0.05, 0.1) is 5.54 Å². The highest BCUT2D eigenvalue weighted by Gasteiger charge is 2.39. The smallest absolute Gasteiger partial charge is 0.386 e. The van der Waals surface area contributed by atoms with Gasteiger partial charge in [0.25, 0.3) is 0 Å². The van der Waals surface area contributed by atoms with Crippen LogP contribution >= 0.6 is 0 Å². The van der Waals surface area contributed by atoms with E-state index < -0.39 is 24.3 Å². The second-order valence-electron chi connectivity index (χ2n) is 4.13. The molecule has 0 aromatic carbocycles. The summed E-state index contributed by atoms with van der Waals surface area (Å²) in [4.78, 5) is 11.3. The third-order valence-electron chi connectivity index (χ3n) is 2.77. The Morgan fingerprint density at radius 2 is 1.88 bits per heavy atom. The second kappa shape index (κ2) is 4.80. The van der Waals surface area contributed by atoms with Crippen LogP contribution in [0.25, 0.3) is 0 Å². The minimum absolute atomic E-state index is 0.211. The van der Waals surface area contributed by atoms with Crippen LogP contribution in [0.1, 0.15) is 25.7 Å². The molecule has 0 atom stereocenters. The predicted molar refractivity (Wildman–Crippen MR) is 55.7 cm³/mol. The van der Waals surface area contributed by atoms with Gasteiger partial charge in [-0.05, 0) is 12.8 Å². The lowest BCUT2D eigenvalue weighted by molar-refractivity contribution is -0.122. The van der Waals surface area contributed by atoms with Gasteiger partial charge in [0.1, 0.15) is 12.4 Å². The summed E-state index contributed by atoms with van der Waals surface area (Å²) >= 11 is 0. The molecule has 17 heavy (non-hydrogen) atoms. The lowest BCUT2D eigenvalue weighted by Crippen LogP contribution is -2.58. The fraction of sp³-hybridized carbons (Fsp3) is 0.778. The lowest BCUT2D eigenvalue weighted by Gasteiger charge is -2.28. The number of carbonyl (C=O) groups is 1. The van der Waals surface area contributed by atoms with Crippen molar-refractivity contribution in [3.8, 4) is 0 Å². The number of hydrogen-bond donors (Lipinski definition) is 4. The van der Waals surface area contributed by atoms with E-state index in [1.165, 1.54) is 0 Å². The third kappa shape index (κ3) is 3.79. The molecule has 0 saturated heterocycles. The Bertz CT molecular complexity index is 310. The Labute approximate surface area is 96.4 Å². The number of amides is 2. The summed E-state index contributed by atoms with van der Waals surface area (Å²) in [6.07, 6.45) is -1.89. The third-order valence-corrected chi connectivity index (χ3v) is 2.77. The molecule has 8 heteroatoms. The van der Waals surface area contributed by atoms with Gasteiger partial charge in [-0.25, -0.2) is 4.79 Å². The number of hydrogen-bond acceptors (Lipinski definition) is 2. The molecule has 0 aromatic rings. The van der Waals surface area contributed by atoms with Crippen LogP contribution in [0.5, 0.6) is 0 Å². The molecule has 0 aromatic heterocycles. The molecule has 0 bridgehead atoms. The molecule has 2 amide bonds. The van der Waals surface area contributed by atoms with Crippen molar-refractivity contribution in [2.45, 2.75) is 37.4 Å². The van der Waals surface area contributed by atoms with Crippen LogP contribution in [0.2, 0.25) is 0 Å². The number of amidine groups is 1. The number of urea groups is 1. The van der Waals surface area contributed by atoms with E-state index in [9.17, 15) is 18.0 Å². The van der Waals surface area contributed by atoms with E-state index in [4.69, 9.17) is 11.1 Å². The van der Waals surface area contributed by atoms with E-state index in [1.54, 1.807) is 5.32 Å². The van der Waals surface area contributed by atoms with E-state index in [2.05, 4.69) is 5.32 Å². The van der Waals surface area contributed by atoms with Crippen LogP contribution in [-0.2, 0) is 0 Å². The summed E-state index contributed by atoms with van der Waals surface area (Å²) in [5.74, 6) is -0.211. The number of carbonyl (C=O) groups excluding carboxylic acids is 1. The van der Waals surface area contributed by atoms with Crippen molar-refractivity contribution in [3.63, 3.8) is 0 Å². The van der Waals surface area contributed by atoms with E-state index in [-0.39, 0.29) is 5.84 Å². The van der Waals surface area contributed by atoms with Crippen LogP contribution in [-0.4, -0.2) is 30.1 Å². The van der Waals surface area contributed by atoms with Gasteiger partial charge in [-0.3, -0.25) is 5.41 Å². The molecule has 1 fully saturated rings. The summed E-state index contributed by atoms with van der Waals surface area (Å²) in [6.45, 7) is -1.40. The Balaban J connectivity index is 2.51. The van der Waals surface area contributed by atoms with Gasteiger partial charge in [0.15, 0.2) is 0 Å². The fourth-order valence-electron chi connectivity index (χ4n) is 1.88. The van der Waals surface area contributed by atoms with Crippen LogP contribution in [0, 0.1) is 5.41 Å². The summed E-state index contributed by atoms with van der Waals surface area (Å²) in [7, 11) is 0. The number of rotatable bonds is 3. The molecule has 98 valence electrons. The summed E-state index contributed by atoms with van der Waals surface area (Å²) < 4.78 is 35.6. The summed E-state index contributed by atoms with van der Waals surface area (Å²) in [5.41, 5.74) is 4.41. The molecule has 0 aliphatic heterocycles. The highest BCUT2D eigenvalue weighted by molar-refractivity contribution is 5.92. The van der Waals surface area contributed by atoms with Crippen LogP contribution in [0.4, 0.5) is 18.0 Å². The normalized spacial score (nSPS) is 18.8. The number of halogens is 3. The standard InChI is InChI=1S/C9H15F3N4O/c10-9(11,12)5-15-7(17)16-8(6(13)14)3-1-2-4-8/h1-5H2,(H3,13,14)(H2,15,16,17). The number of alkyl halides is 3. The van der Waals surface area contributed by atoms with Crippen molar-refractivity contribution in [2.75, 3.05) is 6.54 Å². The molecule has 1 aliphatic rings. The summed E-state index contributed by atoms with van der Waals surface area (Å²) in [5, 5.41) is 11.5. The Morgan fingerprint density at radius 3 is 2.29 bits per heavy atom. The zero-order chi connectivity index (χ0) is 13.1. The monoisotopic (exact) mass is 252 g/mol. The average Bonchev–Trinajstić information content (AvgIpc) is 2.63. The molecule has 1 saturated carbocycles. The quantitative estimate of drug-likeness (QED) is 0.447.